The van der Waals surface area contributed by atoms with Crippen molar-refractivity contribution in [1.82, 2.24) is 4.31 Å². The van der Waals surface area contributed by atoms with Crippen LogP contribution in [0.5, 0.6) is 0 Å². The Kier molecular flexibility index (Phi) is 8.20. The molecule has 0 radical (unpaired) electrons. The maximum atomic E-state index is 12.8. The van der Waals surface area contributed by atoms with Crippen molar-refractivity contribution in [1.29, 1.82) is 0 Å². The topological polar surface area (TPSA) is 84.9 Å². The predicted molar refractivity (Wildman–Crippen MR) is 119 cm³/mol. The summed E-state index contributed by atoms with van der Waals surface area (Å²) in [5.41, 5.74) is 1.42. The fraction of sp³-hybridized carbons (Fsp3) is 0.435. The molecule has 2 unspecified atom stereocenters. The van der Waals surface area contributed by atoms with Gasteiger partial charge in [0.1, 0.15) is 6.10 Å². The number of rotatable bonds is 9. The number of hydrogen-bond donors (Lipinski definition) is 1. The lowest BCUT2D eigenvalue weighted by atomic mass is 10.1. The minimum absolute atomic E-state index is 0.0429. The van der Waals surface area contributed by atoms with Crippen LogP contribution in [-0.4, -0.2) is 51.1 Å². The van der Waals surface area contributed by atoms with Crippen LogP contribution >= 0.6 is 0 Å². The van der Waals surface area contributed by atoms with Crippen molar-refractivity contribution in [3.05, 3.63) is 60.2 Å². The van der Waals surface area contributed by atoms with Crippen LogP contribution in [-0.2, 0) is 30.8 Å². The zero-order valence-electron chi connectivity index (χ0n) is 18.0. The van der Waals surface area contributed by atoms with Crippen molar-refractivity contribution in [3.8, 4) is 0 Å². The summed E-state index contributed by atoms with van der Waals surface area (Å²) >= 11 is 0. The highest BCUT2D eigenvalue weighted by Crippen LogP contribution is 2.20. The molecule has 2 aromatic rings. The Morgan fingerprint density at radius 1 is 1.16 bits per heavy atom. The molecule has 8 heteroatoms. The van der Waals surface area contributed by atoms with Gasteiger partial charge in [0.25, 0.3) is 5.91 Å². The molecule has 2 atom stereocenters. The number of amides is 1. The van der Waals surface area contributed by atoms with Gasteiger partial charge in [-0.25, -0.2) is 8.42 Å². The van der Waals surface area contributed by atoms with Gasteiger partial charge in [-0.1, -0.05) is 30.3 Å². The Morgan fingerprint density at radius 2 is 1.87 bits per heavy atom. The number of nitrogens with one attached hydrogen (secondary N) is 1. The van der Waals surface area contributed by atoms with Gasteiger partial charge in [-0.05, 0) is 56.0 Å². The molecule has 1 heterocycles. The van der Waals surface area contributed by atoms with Crippen molar-refractivity contribution in [2.45, 2.75) is 49.8 Å². The van der Waals surface area contributed by atoms with Crippen LogP contribution in [0.4, 0.5) is 5.69 Å². The number of ether oxygens (including phenoxy) is 2. The third-order valence-corrected chi connectivity index (χ3v) is 7.07. The molecule has 3 rings (SSSR count). The summed E-state index contributed by atoms with van der Waals surface area (Å²) in [4.78, 5) is 12.5. The van der Waals surface area contributed by atoms with E-state index in [4.69, 9.17) is 9.47 Å². The van der Waals surface area contributed by atoms with E-state index in [0.29, 0.717) is 12.3 Å². The van der Waals surface area contributed by atoms with Crippen LogP contribution in [0.25, 0.3) is 0 Å². The van der Waals surface area contributed by atoms with Crippen molar-refractivity contribution >= 4 is 21.6 Å². The van der Waals surface area contributed by atoms with E-state index in [-0.39, 0.29) is 23.5 Å². The Bertz CT molecular complexity index is 942. The monoisotopic (exact) mass is 446 g/mol. The van der Waals surface area contributed by atoms with Gasteiger partial charge >= 0.3 is 0 Å². The van der Waals surface area contributed by atoms with Gasteiger partial charge in [0.2, 0.25) is 10.0 Å². The Labute approximate surface area is 184 Å². The normalized spacial score (nSPS) is 18.0. The Balaban J connectivity index is 1.54. The van der Waals surface area contributed by atoms with Crippen molar-refractivity contribution in [2.75, 3.05) is 25.6 Å². The average Bonchev–Trinajstić information content (AvgIpc) is 2.79. The molecule has 1 aliphatic rings. The van der Waals surface area contributed by atoms with E-state index in [1.807, 2.05) is 30.3 Å². The molecular weight excluding hydrogens is 416 g/mol. The summed E-state index contributed by atoms with van der Waals surface area (Å²) in [6.45, 7) is 3.10. The van der Waals surface area contributed by atoms with Crippen molar-refractivity contribution < 1.29 is 22.7 Å². The third-order valence-electron chi connectivity index (χ3n) is 5.25. The molecule has 2 aromatic carbocycles. The zero-order chi connectivity index (χ0) is 22.3. The first kappa shape index (κ1) is 23.4. The molecule has 0 saturated carbocycles. The van der Waals surface area contributed by atoms with Crippen LogP contribution < -0.4 is 5.32 Å². The quantitative estimate of drug-likeness (QED) is 0.638. The van der Waals surface area contributed by atoms with Crippen LogP contribution in [0, 0.1) is 0 Å². The number of anilines is 1. The largest absolute Gasteiger partial charge is 0.376 e. The lowest BCUT2D eigenvalue weighted by molar-refractivity contribution is -0.130. The van der Waals surface area contributed by atoms with E-state index in [1.165, 1.54) is 16.4 Å². The van der Waals surface area contributed by atoms with E-state index in [0.717, 1.165) is 31.4 Å². The van der Waals surface area contributed by atoms with E-state index in [2.05, 4.69) is 5.32 Å². The zero-order valence-corrected chi connectivity index (χ0v) is 18.8. The first-order valence-corrected chi connectivity index (χ1v) is 11.9. The SMILES string of the molecule is CC(OCC1CCCCO1)C(=O)Nc1ccc(S(=O)(=O)N(C)Cc2ccccc2)cc1. The van der Waals surface area contributed by atoms with Crippen molar-refractivity contribution in [2.24, 2.45) is 0 Å². The number of hydrogen-bond acceptors (Lipinski definition) is 5. The molecule has 1 aliphatic heterocycles. The van der Waals surface area contributed by atoms with Gasteiger partial charge in [-0.15, -0.1) is 0 Å². The third kappa shape index (κ3) is 6.61. The second-order valence-electron chi connectivity index (χ2n) is 7.72. The van der Waals surface area contributed by atoms with E-state index in [9.17, 15) is 13.2 Å². The molecule has 1 saturated heterocycles. The predicted octanol–water partition coefficient (Wildman–Crippen LogP) is 3.42. The first-order chi connectivity index (χ1) is 14.9. The number of nitrogens with zero attached hydrogens (tertiary/aromatic N) is 1. The lowest BCUT2D eigenvalue weighted by Crippen LogP contribution is -2.32. The second-order valence-corrected chi connectivity index (χ2v) is 9.77. The first-order valence-electron chi connectivity index (χ1n) is 10.5. The fourth-order valence-electron chi connectivity index (χ4n) is 3.33. The molecule has 0 bridgehead atoms. The van der Waals surface area contributed by atoms with Gasteiger partial charge < -0.3 is 14.8 Å². The van der Waals surface area contributed by atoms with Crippen LogP contribution in [0.2, 0.25) is 0 Å². The van der Waals surface area contributed by atoms with Gasteiger partial charge in [-0.2, -0.15) is 4.31 Å². The lowest BCUT2D eigenvalue weighted by Gasteiger charge is -2.24. The number of carbonyl (C=O) groups excluding carboxylic acids is 1. The molecule has 0 spiro atoms. The second kappa shape index (κ2) is 10.9. The van der Waals surface area contributed by atoms with E-state index >= 15 is 0 Å². The minimum atomic E-state index is -3.64. The van der Waals surface area contributed by atoms with Crippen LogP contribution in [0.3, 0.4) is 0 Å². The molecule has 1 amide bonds. The molecule has 1 fully saturated rings. The minimum Gasteiger partial charge on any atom is -0.376 e. The van der Waals surface area contributed by atoms with Gasteiger partial charge in [0, 0.05) is 25.9 Å². The van der Waals surface area contributed by atoms with Gasteiger partial charge in [0.05, 0.1) is 17.6 Å². The summed E-state index contributed by atoms with van der Waals surface area (Å²) in [6.07, 6.45) is 2.54. The number of sulfonamides is 1. The molecule has 168 valence electrons. The summed E-state index contributed by atoms with van der Waals surface area (Å²) in [6, 6.07) is 15.6. The van der Waals surface area contributed by atoms with E-state index in [1.54, 1.807) is 26.1 Å². The smallest absolute Gasteiger partial charge is 0.253 e. The summed E-state index contributed by atoms with van der Waals surface area (Å²) < 4.78 is 38.2. The standard InChI is InChI=1S/C23H30N2O5S/c1-18(30-17-21-10-6-7-15-29-21)23(26)24-20-11-13-22(14-12-20)31(27,28)25(2)16-19-8-4-3-5-9-19/h3-5,8-9,11-14,18,21H,6-7,10,15-17H2,1-2H3,(H,24,26). The Hall–Kier alpha value is -2.26. The molecule has 0 aromatic heterocycles. The highest BCUT2D eigenvalue weighted by molar-refractivity contribution is 7.89. The molecule has 7 nitrogen and oxygen atoms in total. The average molecular weight is 447 g/mol. The number of carbonyl (C=O) groups is 1. The van der Waals surface area contributed by atoms with Gasteiger partial charge in [0.15, 0.2) is 0 Å². The highest BCUT2D eigenvalue weighted by atomic mass is 32.2. The van der Waals surface area contributed by atoms with Crippen molar-refractivity contribution in [3.63, 3.8) is 0 Å². The van der Waals surface area contributed by atoms with Crippen LogP contribution in [0.1, 0.15) is 31.7 Å². The fourth-order valence-corrected chi connectivity index (χ4v) is 4.48. The summed E-state index contributed by atoms with van der Waals surface area (Å²) in [7, 11) is -2.09. The Morgan fingerprint density at radius 3 is 2.52 bits per heavy atom. The maximum Gasteiger partial charge on any atom is 0.253 e. The van der Waals surface area contributed by atoms with Crippen LogP contribution in [0.15, 0.2) is 59.5 Å². The summed E-state index contributed by atoms with van der Waals surface area (Å²) in [5.74, 6) is -0.285. The maximum absolute atomic E-state index is 12.8. The molecule has 1 N–H and O–H groups in total. The summed E-state index contributed by atoms with van der Waals surface area (Å²) in [5, 5.41) is 2.76. The van der Waals surface area contributed by atoms with Gasteiger partial charge in [-0.3, -0.25) is 4.79 Å². The molecule has 31 heavy (non-hydrogen) atoms. The highest BCUT2D eigenvalue weighted by Gasteiger charge is 2.22. The molecule has 0 aliphatic carbocycles. The molecular formula is C23H30N2O5S. The number of benzene rings is 2. The van der Waals surface area contributed by atoms with E-state index < -0.39 is 16.1 Å².